The Morgan fingerprint density at radius 1 is 1.07 bits per heavy atom. The average Bonchev–Trinajstić information content (AvgIpc) is 2.73. The van der Waals surface area contributed by atoms with E-state index in [0.717, 1.165) is 11.6 Å². The fourth-order valence-electron chi connectivity index (χ4n) is 2.94. The molecule has 1 heterocycles. The Bertz CT molecular complexity index is 885. The van der Waals surface area contributed by atoms with Crippen molar-refractivity contribution in [1.82, 2.24) is 4.90 Å². The highest BCUT2D eigenvalue weighted by molar-refractivity contribution is 7.98. The Morgan fingerprint density at radius 2 is 1.72 bits per heavy atom. The Hall–Kier alpha value is -2.03. The number of nitrogens with zero attached hydrogens (tertiary/aromatic N) is 1. The van der Waals surface area contributed by atoms with Crippen molar-refractivity contribution in [2.75, 3.05) is 39.1 Å². The van der Waals surface area contributed by atoms with E-state index in [1.807, 2.05) is 11.8 Å². The summed E-state index contributed by atoms with van der Waals surface area (Å²) < 4.78 is 68.4. The lowest BCUT2D eigenvalue weighted by Crippen LogP contribution is -2.36. The SMILES string of the molecule is CSc1cc(C)ccc1Oc1c(F)c(F)c(/C=C/CN2CCOCC2)c(F)c1F. The molecule has 0 aliphatic carbocycles. The molecule has 0 bridgehead atoms. The van der Waals surface area contributed by atoms with E-state index in [9.17, 15) is 17.6 Å². The number of benzene rings is 2. The largest absolute Gasteiger partial charge is 0.450 e. The monoisotopic (exact) mass is 427 g/mol. The summed E-state index contributed by atoms with van der Waals surface area (Å²) in [5.74, 6) is -7.09. The molecule has 0 spiro atoms. The van der Waals surface area contributed by atoms with Crippen molar-refractivity contribution in [3.63, 3.8) is 0 Å². The number of halogens is 4. The van der Waals surface area contributed by atoms with Crippen molar-refractivity contribution in [2.45, 2.75) is 11.8 Å². The number of ether oxygens (including phenoxy) is 2. The first-order valence-electron chi connectivity index (χ1n) is 9.07. The number of hydrogen-bond donors (Lipinski definition) is 0. The quantitative estimate of drug-likeness (QED) is 0.349. The van der Waals surface area contributed by atoms with Gasteiger partial charge in [-0.1, -0.05) is 18.2 Å². The molecule has 2 aromatic rings. The molecule has 156 valence electrons. The van der Waals surface area contributed by atoms with Gasteiger partial charge in [0, 0.05) is 19.6 Å². The molecule has 1 fully saturated rings. The summed E-state index contributed by atoms with van der Waals surface area (Å²) in [4.78, 5) is 2.60. The van der Waals surface area contributed by atoms with Crippen LogP contribution in [0, 0.1) is 30.2 Å². The lowest BCUT2D eigenvalue weighted by atomic mass is 10.1. The van der Waals surface area contributed by atoms with Crippen LogP contribution in [-0.2, 0) is 4.74 Å². The van der Waals surface area contributed by atoms with Gasteiger partial charge >= 0.3 is 0 Å². The van der Waals surface area contributed by atoms with Crippen molar-refractivity contribution < 1.29 is 27.0 Å². The zero-order chi connectivity index (χ0) is 21.0. The van der Waals surface area contributed by atoms with Crippen molar-refractivity contribution in [2.24, 2.45) is 0 Å². The van der Waals surface area contributed by atoms with Crippen LogP contribution in [0.2, 0.25) is 0 Å². The van der Waals surface area contributed by atoms with Gasteiger partial charge in [-0.05, 0) is 30.9 Å². The van der Waals surface area contributed by atoms with Crippen LogP contribution in [0.25, 0.3) is 6.08 Å². The fraction of sp³-hybridized carbons (Fsp3) is 0.333. The van der Waals surface area contributed by atoms with Crippen molar-refractivity contribution in [3.05, 3.63) is 58.7 Å². The Balaban J connectivity index is 1.87. The summed E-state index contributed by atoms with van der Waals surface area (Å²) >= 11 is 1.29. The topological polar surface area (TPSA) is 21.7 Å². The highest BCUT2D eigenvalue weighted by Crippen LogP contribution is 2.37. The van der Waals surface area contributed by atoms with Crippen LogP contribution >= 0.6 is 11.8 Å². The van der Waals surface area contributed by atoms with Crippen LogP contribution in [0.1, 0.15) is 11.1 Å². The molecular weight excluding hydrogens is 406 g/mol. The summed E-state index contributed by atoms with van der Waals surface area (Å²) in [6.45, 7) is 4.75. The number of thioether (sulfide) groups is 1. The Labute approximate surface area is 171 Å². The van der Waals surface area contributed by atoms with Gasteiger partial charge in [0.15, 0.2) is 11.6 Å². The predicted molar refractivity (Wildman–Crippen MR) is 106 cm³/mol. The first-order valence-corrected chi connectivity index (χ1v) is 10.3. The standard InChI is InChI=1S/C21H21F4NO2S/c1-13-5-6-15(16(12-13)29-2)28-21-19(24)17(22)14(18(23)20(21)25)4-3-7-26-8-10-27-11-9-26/h3-6,12H,7-11H2,1-2H3/b4-3+. The third-order valence-electron chi connectivity index (χ3n) is 4.54. The molecule has 0 radical (unpaired) electrons. The lowest BCUT2D eigenvalue weighted by Gasteiger charge is -2.25. The van der Waals surface area contributed by atoms with Gasteiger partial charge in [-0.25, -0.2) is 8.78 Å². The molecule has 0 atom stereocenters. The van der Waals surface area contributed by atoms with Crippen LogP contribution in [0.15, 0.2) is 29.2 Å². The van der Waals surface area contributed by atoms with Crippen LogP contribution < -0.4 is 4.74 Å². The van der Waals surface area contributed by atoms with E-state index in [1.54, 1.807) is 18.4 Å². The summed E-state index contributed by atoms with van der Waals surface area (Å²) in [6.07, 6.45) is 4.28. The van der Waals surface area contributed by atoms with E-state index in [0.29, 0.717) is 37.7 Å². The molecule has 1 aliphatic heterocycles. The van der Waals surface area contributed by atoms with E-state index in [2.05, 4.69) is 0 Å². The molecule has 2 aromatic carbocycles. The van der Waals surface area contributed by atoms with E-state index >= 15 is 0 Å². The lowest BCUT2D eigenvalue weighted by molar-refractivity contribution is 0.0435. The molecule has 29 heavy (non-hydrogen) atoms. The Kier molecular flexibility index (Phi) is 7.21. The van der Waals surface area contributed by atoms with Crippen molar-refractivity contribution >= 4 is 17.8 Å². The van der Waals surface area contributed by atoms with Gasteiger partial charge in [-0.3, -0.25) is 4.90 Å². The second-order valence-electron chi connectivity index (χ2n) is 6.57. The highest BCUT2D eigenvalue weighted by Gasteiger charge is 2.26. The molecule has 1 aliphatic rings. The summed E-state index contributed by atoms with van der Waals surface area (Å²) in [5, 5.41) is 0. The highest BCUT2D eigenvalue weighted by atomic mass is 32.2. The third-order valence-corrected chi connectivity index (χ3v) is 5.30. The maximum absolute atomic E-state index is 14.5. The normalized spacial score (nSPS) is 15.2. The van der Waals surface area contributed by atoms with E-state index in [1.165, 1.54) is 23.9 Å². The molecule has 1 saturated heterocycles. The minimum Gasteiger partial charge on any atom is -0.450 e. The summed E-state index contributed by atoms with van der Waals surface area (Å²) in [5.41, 5.74) is 0.148. The minimum atomic E-state index is -1.57. The summed E-state index contributed by atoms with van der Waals surface area (Å²) in [6, 6.07) is 4.94. The number of hydrogen-bond acceptors (Lipinski definition) is 4. The second-order valence-corrected chi connectivity index (χ2v) is 7.42. The van der Waals surface area contributed by atoms with E-state index in [4.69, 9.17) is 9.47 Å². The van der Waals surface area contributed by atoms with E-state index < -0.39 is 34.6 Å². The van der Waals surface area contributed by atoms with Gasteiger partial charge in [0.1, 0.15) is 5.75 Å². The molecule has 3 rings (SSSR count). The van der Waals surface area contributed by atoms with Crippen LogP contribution in [-0.4, -0.2) is 44.0 Å². The maximum Gasteiger partial charge on any atom is 0.205 e. The number of morpholine rings is 1. The van der Waals surface area contributed by atoms with Crippen LogP contribution in [0.3, 0.4) is 0 Å². The van der Waals surface area contributed by atoms with Gasteiger partial charge in [-0.15, -0.1) is 11.8 Å². The van der Waals surface area contributed by atoms with Gasteiger partial charge in [0.2, 0.25) is 17.4 Å². The number of rotatable bonds is 6. The second kappa shape index (κ2) is 9.65. The van der Waals surface area contributed by atoms with Gasteiger partial charge < -0.3 is 9.47 Å². The maximum atomic E-state index is 14.5. The molecule has 0 saturated carbocycles. The zero-order valence-electron chi connectivity index (χ0n) is 16.1. The fourth-order valence-corrected chi connectivity index (χ4v) is 3.55. The molecule has 0 N–H and O–H groups in total. The van der Waals surface area contributed by atoms with Gasteiger partial charge in [-0.2, -0.15) is 8.78 Å². The number of aryl methyl sites for hydroxylation is 1. The third kappa shape index (κ3) is 4.94. The average molecular weight is 427 g/mol. The van der Waals surface area contributed by atoms with Crippen molar-refractivity contribution in [3.8, 4) is 11.5 Å². The predicted octanol–water partition coefficient (Wildman–Crippen LogP) is 5.41. The zero-order valence-corrected chi connectivity index (χ0v) is 16.9. The van der Waals surface area contributed by atoms with Crippen LogP contribution in [0.4, 0.5) is 17.6 Å². The minimum absolute atomic E-state index is 0.121. The van der Waals surface area contributed by atoms with Crippen molar-refractivity contribution in [1.29, 1.82) is 0 Å². The molecule has 0 aromatic heterocycles. The van der Waals surface area contributed by atoms with E-state index in [-0.39, 0.29) is 5.75 Å². The van der Waals surface area contributed by atoms with Gasteiger partial charge in [0.25, 0.3) is 0 Å². The smallest absolute Gasteiger partial charge is 0.205 e. The summed E-state index contributed by atoms with van der Waals surface area (Å²) in [7, 11) is 0. The van der Waals surface area contributed by atoms with Gasteiger partial charge in [0.05, 0.1) is 23.7 Å². The first-order chi connectivity index (χ1) is 13.9. The Morgan fingerprint density at radius 3 is 2.34 bits per heavy atom. The molecule has 0 amide bonds. The first kappa shape index (κ1) is 21.7. The molecular formula is C21H21F4NO2S. The van der Waals surface area contributed by atoms with Crippen LogP contribution in [0.5, 0.6) is 11.5 Å². The molecule has 8 heteroatoms. The molecule has 3 nitrogen and oxygen atoms in total. The molecule has 0 unspecified atom stereocenters.